The number of nitrogens with one attached hydrogen (secondary N) is 1. The predicted octanol–water partition coefficient (Wildman–Crippen LogP) is 23.4. The van der Waals surface area contributed by atoms with Crippen LogP contribution in [0.2, 0.25) is 0 Å². The van der Waals surface area contributed by atoms with Crippen LogP contribution >= 0.6 is 7.82 Å². The molecule has 2 N–H and O–H groups in total. The minimum Gasteiger partial charge on any atom is -0.756 e. The molecule has 0 aliphatic rings. The lowest BCUT2D eigenvalue weighted by molar-refractivity contribution is -0.870. The largest absolute Gasteiger partial charge is 0.756 e. The maximum atomic E-state index is 13.1. The van der Waals surface area contributed by atoms with Crippen LogP contribution in [0, 0.1) is 0 Å². The molecule has 0 heterocycles. The smallest absolute Gasteiger partial charge is 0.268 e. The van der Waals surface area contributed by atoms with Crippen molar-refractivity contribution in [2.45, 2.75) is 398 Å². The lowest BCUT2D eigenvalue weighted by Crippen LogP contribution is -2.46. The first-order valence-electron chi connectivity index (χ1n) is 37.3. The van der Waals surface area contributed by atoms with Crippen LogP contribution in [-0.2, 0) is 18.4 Å². The molecule has 0 fully saturated rings. The Morgan fingerprint density at radius 3 is 1.00 bits per heavy atom. The van der Waals surface area contributed by atoms with Gasteiger partial charge in [0.2, 0.25) is 5.91 Å². The highest BCUT2D eigenvalue weighted by atomic mass is 31.2. The van der Waals surface area contributed by atoms with E-state index in [1.807, 2.05) is 21.1 Å². The van der Waals surface area contributed by atoms with Crippen LogP contribution in [0.1, 0.15) is 386 Å². The summed E-state index contributed by atoms with van der Waals surface area (Å²) >= 11 is 0. The summed E-state index contributed by atoms with van der Waals surface area (Å²) in [6.07, 6.45) is 88.1. The van der Waals surface area contributed by atoms with Crippen molar-refractivity contribution in [2.24, 2.45) is 0 Å². The van der Waals surface area contributed by atoms with Gasteiger partial charge in [0, 0.05) is 6.42 Å². The van der Waals surface area contributed by atoms with Crippen molar-refractivity contribution in [2.75, 3.05) is 40.9 Å². The van der Waals surface area contributed by atoms with E-state index in [0.717, 1.165) is 51.4 Å². The molecule has 0 bridgehead atoms. The predicted molar refractivity (Wildman–Crippen MR) is 367 cm³/mol. The van der Waals surface area contributed by atoms with Crippen molar-refractivity contribution in [1.29, 1.82) is 0 Å². The van der Waals surface area contributed by atoms with Crippen LogP contribution in [0.5, 0.6) is 0 Å². The van der Waals surface area contributed by atoms with E-state index in [9.17, 15) is 19.4 Å². The van der Waals surface area contributed by atoms with Crippen LogP contribution in [0.15, 0.2) is 36.5 Å². The molecule has 0 rings (SSSR count). The van der Waals surface area contributed by atoms with Gasteiger partial charge in [-0.15, -0.1) is 0 Å². The van der Waals surface area contributed by atoms with Gasteiger partial charge in [-0.05, 0) is 51.4 Å². The van der Waals surface area contributed by atoms with Crippen LogP contribution in [0.25, 0.3) is 0 Å². The van der Waals surface area contributed by atoms with Crippen molar-refractivity contribution >= 4 is 13.7 Å². The zero-order chi connectivity index (χ0) is 61.2. The summed E-state index contributed by atoms with van der Waals surface area (Å²) in [6, 6.07) is -0.801. The van der Waals surface area contributed by atoms with E-state index < -0.39 is 20.0 Å². The quantitative estimate of drug-likeness (QED) is 0.0272. The molecule has 9 heteroatoms. The van der Waals surface area contributed by atoms with Gasteiger partial charge >= 0.3 is 0 Å². The maximum absolute atomic E-state index is 13.1. The van der Waals surface area contributed by atoms with Crippen molar-refractivity contribution < 1.29 is 32.9 Å². The summed E-state index contributed by atoms with van der Waals surface area (Å²) in [5, 5.41) is 14.1. The molecule has 0 aromatic rings. The third-order valence-electron chi connectivity index (χ3n) is 17.4. The number of allylic oxidation sites excluding steroid dienone is 6. The molecule has 0 spiro atoms. The molecule has 0 radical (unpaired) electrons. The van der Waals surface area contributed by atoms with Gasteiger partial charge in [-0.2, -0.15) is 0 Å². The molecule has 0 saturated heterocycles. The molecular weight excluding hydrogens is 1060 g/mol. The van der Waals surface area contributed by atoms with E-state index in [1.165, 1.54) is 308 Å². The molecule has 0 aromatic carbocycles. The number of amides is 1. The summed E-state index contributed by atoms with van der Waals surface area (Å²) in [5.41, 5.74) is 0. The number of quaternary nitrogens is 1. The standard InChI is InChI=1S/C75H147N2O6P/c1-6-8-10-12-14-16-18-20-22-24-26-28-30-32-34-36-37-38-39-41-43-45-47-49-51-53-55-57-59-61-63-65-67-69-75(79)76-73(72-83-84(80,81)82-71-70-77(3,4)5)74(78)68-66-64-62-60-58-56-54-52-50-48-46-44-42-40-35-33-31-29-27-25-23-21-19-17-15-13-11-9-7-2/h18,20,24,26,30,32,73-74,78H,6-17,19,21-23,25,27-29,31,33-72H2,1-5H3,(H-,76,79,80,81)/b20-18-,26-24-,32-30-. The Hall–Kier alpha value is -1.28. The molecule has 3 atom stereocenters. The number of likely N-dealkylation sites (N-methyl/N-ethyl adjacent to an activating group) is 1. The van der Waals surface area contributed by atoms with Gasteiger partial charge in [0.25, 0.3) is 7.82 Å². The Kier molecular flexibility index (Phi) is 65.1. The molecule has 0 saturated carbocycles. The number of unbranched alkanes of at least 4 members (excludes halogenated alkanes) is 51. The second kappa shape index (κ2) is 66.1. The van der Waals surface area contributed by atoms with Crippen molar-refractivity contribution in [1.82, 2.24) is 5.32 Å². The topological polar surface area (TPSA) is 108 Å². The maximum Gasteiger partial charge on any atom is 0.268 e. The molecule has 84 heavy (non-hydrogen) atoms. The number of carbonyl (C=O) groups excluding carboxylic acids is 1. The molecule has 8 nitrogen and oxygen atoms in total. The molecule has 0 aromatic heterocycles. The minimum atomic E-state index is -4.58. The zero-order valence-corrected chi connectivity index (χ0v) is 58.0. The highest BCUT2D eigenvalue weighted by Crippen LogP contribution is 2.38. The average molecular weight is 1200 g/mol. The summed E-state index contributed by atoms with van der Waals surface area (Å²) < 4.78 is 23.6. The van der Waals surface area contributed by atoms with Crippen LogP contribution in [-0.4, -0.2) is 68.5 Å². The molecule has 0 aliphatic carbocycles. The number of aliphatic hydroxyl groups excluding tert-OH is 1. The Morgan fingerprint density at radius 2 is 0.690 bits per heavy atom. The fourth-order valence-electron chi connectivity index (χ4n) is 11.6. The Bertz CT molecular complexity index is 1460. The number of rotatable bonds is 70. The number of aliphatic hydroxyl groups is 1. The van der Waals surface area contributed by atoms with Crippen LogP contribution in [0.4, 0.5) is 0 Å². The molecule has 498 valence electrons. The first kappa shape index (κ1) is 82.7. The molecule has 1 amide bonds. The van der Waals surface area contributed by atoms with E-state index in [-0.39, 0.29) is 19.1 Å². The molecule has 0 aliphatic heterocycles. The van der Waals surface area contributed by atoms with Gasteiger partial charge in [-0.1, -0.05) is 365 Å². The Labute approximate surface area is 525 Å². The fourth-order valence-corrected chi connectivity index (χ4v) is 12.3. The van der Waals surface area contributed by atoms with E-state index >= 15 is 0 Å². The van der Waals surface area contributed by atoms with Crippen LogP contribution < -0.4 is 10.2 Å². The minimum absolute atomic E-state index is 0.0142. The fraction of sp³-hybridized carbons (Fsp3) is 0.907. The molecule has 3 unspecified atom stereocenters. The van der Waals surface area contributed by atoms with E-state index in [4.69, 9.17) is 9.05 Å². The van der Waals surface area contributed by atoms with Crippen LogP contribution in [0.3, 0.4) is 0 Å². The Morgan fingerprint density at radius 1 is 0.417 bits per heavy atom. The summed E-state index contributed by atoms with van der Waals surface area (Å²) in [5.74, 6) is -0.157. The summed E-state index contributed by atoms with van der Waals surface area (Å²) in [7, 11) is 1.32. The zero-order valence-electron chi connectivity index (χ0n) is 57.1. The lowest BCUT2D eigenvalue weighted by atomic mass is 10.0. The number of phosphoric acid groups is 1. The summed E-state index contributed by atoms with van der Waals surface area (Å²) in [6.45, 7) is 4.77. The summed E-state index contributed by atoms with van der Waals surface area (Å²) in [4.78, 5) is 25.7. The normalized spacial score (nSPS) is 13.8. The third kappa shape index (κ3) is 68.2. The van der Waals surface area contributed by atoms with Crippen molar-refractivity contribution in [3.63, 3.8) is 0 Å². The van der Waals surface area contributed by atoms with E-state index in [2.05, 4.69) is 55.6 Å². The van der Waals surface area contributed by atoms with Crippen molar-refractivity contribution in [3.05, 3.63) is 36.5 Å². The lowest BCUT2D eigenvalue weighted by Gasteiger charge is -2.30. The van der Waals surface area contributed by atoms with Crippen molar-refractivity contribution in [3.8, 4) is 0 Å². The number of hydrogen-bond acceptors (Lipinski definition) is 6. The number of carbonyl (C=O) groups is 1. The van der Waals surface area contributed by atoms with E-state index in [0.29, 0.717) is 23.9 Å². The van der Waals surface area contributed by atoms with Gasteiger partial charge in [0.15, 0.2) is 0 Å². The first-order chi connectivity index (χ1) is 41.0. The highest BCUT2D eigenvalue weighted by Gasteiger charge is 2.24. The Balaban J connectivity index is 3.97. The second-order valence-corrected chi connectivity index (χ2v) is 28.4. The van der Waals surface area contributed by atoms with E-state index in [1.54, 1.807) is 0 Å². The first-order valence-corrected chi connectivity index (χ1v) is 38.8. The third-order valence-corrected chi connectivity index (χ3v) is 18.3. The number of nitrogens with zero attached hydrogens (tertiary/aromatic N) is 1. The van der Waals surface area contributed by atoms with Gasteiger partial charge in [0.1, 0.15) is 13.2 Å². The SMILES string of the molecule is CCCCCCC/C=C\C/C=C\C/C=C\CCCCCCCCCCCCCCCCCCCCC(=O)NC(COP(=O)([O-])OCC[N+](C)(C)C)C(O)CCCCCCCCCCCCCCCCCCCCCCCCCCCCCCC. The van der Waals surface area contributed by atoms with Gasteiger partial charge in [0.05, 0.1) is 39.9 Å². The number of hydrogen-bond donors (Lipinski definition) is 2. The van der Waals surface area contributed by atoms with Gasteiger partial charge < -0.3 is 28.8 Å². The number of phosphoric ester groups is 1. The van der Waals surface area contributed by atoms with Gasteiger partial charge in [-0.25, -0.2) is 0 Å². The van der Waals surface area contributed by atoms with Gasteiger partial charge in [-0.3, -0.25) is 9.36 Å². The average Bonchev–Trinajstić information content (AvgIpc) is 3.56. The second-order valence-electron chi connectivity index (χ2n) is 27.0. The molecular formula is C75H147N2O6P. The highest BCUT2D eigenvalue weighted by molar-refractivity contribution is 7.45. The monoisotopic (exact) mass is 1200 g/mol.